The van der Waals surface area contributed by atoms with Crippen molar-refractivity contribution in [1.29, 1.82) is 0 Å². The van der Waals surface area contributed by atoms with Crippen molar-refractivity contribution in [2.24, 2.45) is 7.05 Å². The Labute approximate surface area is 181 Å². The fourth-order valence-corrected chi connectivity index (χ4v) is 4.81. The number of para-hydroxylation sites is 2. The van der Waals surface area contributed by atoms with E-state index >= 15 is 0 Å². The standard InChI is InChI=1S/C24H27N5O2/c1-27-19-9-6-5-8-18(19)26-21(27)15-25-23(30)16-11-12-17-20(14-16)28(2)22-10-4-3-7-13-29(22)24(17)31/h5-6,8-9,11-12,14,22H,3-4,7,10,13,15H2,1-2H3,(H,25,30)/t22-/m1/s1. The van der Waals surface area contributed by atoms with Crippen LogP contribution in [0.25, 0.3) is 11.0 Å². The molecule has 3 aromatic rings. The summed E-state index contributed by atoms with van der Waals surface area (Å²) in [4.78, 5) is 34.7. The Bertz CT molecular complexity index is 1170. The number of aryl methyl sites for hydroxylation is 1. The van der Waals surface area contributed by atoms with Crippen LogP contribution in [-0.2, 0) is 13.6 Å². The molecule has 0 saturated carbocycles. The number of aromatic nitrogens is 2. The van der Waals surface area contributed by atoms with Gasteiger partial charge in [0.15, 0.2) is 0 Å². The lowest BCUT2D eigenvalue weighted by Crippen LogP contribution is -2.53. The van der Waals surface area contributed by atoms with Crippen LogP contribution in [-0.4, -0.2) is 46.0 Å². The number of nitrogens with one attached hydrogen (secondary N) is 1. The van der Waals surface area contributed by atoms with Crippen LogP contribution < -0.4 is 10.2 Å². The zero-order chi connectivity index (χ0) is 21.5. The van der Waals surface area contributed by atoms with E-state index in [4.69, 9.17) is 0 Å². The molecule has 2 aliphatic heterocycles. The number of benzene rings is 2. The first-order valence-corrected chi connectivity index (χ1v) is 10.9. The molecule has 1 atom stereocenters. The number of hydrogen-bond acceptors (Lipinski definition) is 4. The first-order valence-electron chi connectivity index (χ1n) is 10.9. The van der Waals surface area contributed by atoms with E-state index in [1.807, 2.05) is 53.9 Å². The van der Waals surface area contributed by atoms with E-state index in [1.165, 1.54) is 0 Å². The molecule has 1 N–H and O–H groups in total. The molecular formula is C24H27N5O2. The molecule has 0 radical (unpaired) electrons. The second-order valence-electron chi connectivity index (χ2n) is 8.43. The molecule has 1 saturated heterocycles. The predicted octanol–water partition coefficient (Wildman–Crippen LogP) is 3.30. The smallest absolute Gasteiger partial charge is 0.257 e. The van der Waals surface area contributed by atoms with Crippen molar-refractivity contribution < 1.29 is 9.59 Å². The van der Waals surface area contributed by atoms with Crippen molar-refractivity contribution in [2.75, 3.05) is 18.5 Å². The third-order valence-electron chi connectivity index (χ3n) is 6.59. The Morgan fingerprint density at radius 1 is 1.13 bits per heavy atom. The molecule has 2 aromatic carbocycles. The third-order valence-corrected chi connectivity index (χ3v) is 6.59. The maximum atomic E-state index is 13.1. The lowest BCUT2D eigenvalue weighted by atomic mass is 10.0. The number of anilines is 1. The fraction of sp³-hybridized carbons (Fsp3) is 0.375. The molecule has 160 valence electrons. The van der Waals surface area contributed by atoms with E-state index in [-0.39, 0.29) is 18.0 Å². The molecule has 2 amide bonds. The first-order chi connectivity index (χ1) is 15.0. The SMILES string of the molecule is CN1c2cc(C(=O)NCc3nc4ccccc4n3C)ccc2C(=O)N2CCCCC[C@@H]21. The third kappa shape index (κ3) is 3.34. The van der Waals surface area contributed by atoms with E-state index in [0.717, 1.165) is 54.8 Å². The highest BCUT2D eigenvalue weighted by Crippen LogP contribution is 2.34. The van der Waals surface area contributed by atoms with Crippen molar-refractivity contribution in [3.8, 4) is 0 Å². The number of imidazole rings is 1. The van der Waals surface area contributed by atoms with Gasteiger partial charge in [-0.15, -0.1) is 0 Å². The van der Waals surface area contributed by atoms with Crippen molar-refractivity contribution in [1.82, 2.24) is 19.8 Å². The summed E-state index contributed by atoms with van der Waals surface area (Å²) in [7, 11) is 3.98. The van der Waals surface area contributed by atoms with Crippen molar-refractivity contribution >= 4 is 28.5 Å². The van der Waals surface area contributed by atoms with Gasteiger partial charge < -0.3 is 19.7 Å². The summed E-state index contributed by atoms with van der Waals surface area (Å²) in [6, 6.07) is 13.3. The molecule has 0 unspecified atom stereocenters. The van der Waals surface area contributed by atoms with Crippen LogP contribution in [0.3, 0.4) is 0 Å². The van der Waals surface area contributed by atoms with Gasteiger partial charge in [-0.3, -0.25) is 9.59 Å². The number of fused-ring (bicyclic) bond motifs is 3. The molecule has 31 heavy (non-hydrogen) atoms. The highest BCUT2D eigenvalue weighted by molar-refractivity contribution is 6.04. The maximum absolute atomic E-state index is 13.1. The summed E-state index contributed by atoms with van der Waals surface area (Å²) >= 11 is 0. The van der Waals surface area contributed by atoms with Gasteiger partial charge in [0.1, 0.15) is 12.0 Å². The summed E-state index contributed by atoms with van der Waals surface area (Å²) in [6.07, 6.45) is 4.35. The minimum absolute atomic E-state index is 0.0702. The van der Waals surface area contributed by atoms with Gasteiger partial charge in [0.25, 0.3) is 11.8 Å². The molecule has 0 bridgehead atoms. The molecule has 1 aromatic heterocycles. The molecule has 1 fully saturated rings. The van der Waals surface area contributed by atoms with Gasteiger partial charge in [0.05, 0.1) is 28.8 Å². The lowest BCUT2D eigenvalue weighted by molar-refractivity contribution is 0.0661. The maximum Gasteiger partial charge on any atom is 0.257 e. The van der Waals surface area contributed by atoms with Gasteiger partial charge in [-0.1, -0.05) is 18.6 Å². The van der Waals surface area contributed by atoms with Crippen molar-refractivity contribution in [2.45, 2.75) is 38.4 Å². The van der Waals surface area contributed by atoms with E-state index in [9.17, 15) is 9.59 Å². The molecule has 3 heterocycles. The van der Waals surface area contributed by atoms with Crippen LogP contribution >= 0.6 is 0 Å². The number of hydrogen-bond donors (Lipinski definition) is 1. The minimum Gasteiger partial charge on any atom is -0.354 e. The number of carbonyl (C=O) groups is 2. The minimum atomic E-state index is -0.168. The van der Waals surface area contributed by atoms with E-state index in [0.29, 0.717) is 17.7 Å². The Morgan fingerprint density at radius 2 is 1.97 bits per heavy atom. The molecule has 7 heteroatoms. The Kier molecular flexibility index (Phi) is 4.88. The highest BCUT2D eigenvalue weighted by atomic mass is 16.2. The average Bonchev–Trinajstić information content (AvgIpc) is 2.95. The number of rotatable bonds is 3. The van der Waals surface area contributed by atoms with E-state index < -0.39 is 0 Å². The molecule has 2 aliphatic rings. The van der Waals surface area contributed by atoms with Gasteiger partial charge in [-0.2, -0.15) is 0 Å². The van der Waals surface area contributed by atoms with Gasteiger partial charge >= 0.3 is 0 Å². The van der Waals surface area contributed by atoms with E-state index in [1.54, 1.807) is 12.1 Å². The summed E-state index contributed by atoms with van der Waals surface area (Å²) in [5.74, 6) is 0.708. The normalized spacial score (nSPS) is 18.5. The zero-order valence-corrected chi connectivity index (χ0v) is 18.0. The van der Waals surface area contributed by atoms with Crippen molar-refractivity contribution in [3.05, 3.63) is 59.4 Å². The van der Waals surface area contributed by atoms with Crippen LogP contribution in [0.5, 0.6) is 0 Å². The van der Waals surface area contributed by atoms with Crippen LogP contribution in [0.2, 0.25) is 0 Å². The molecule has 5 rings (SSSR count). The summed E-state index contributed by atoms with van der Waals surface area (Å²) in [5.41, 5.74) is 4.01. The fourth-order valence-electron chi connectivity index (χ4n) is 4.81. The molecule has 0 aliphatic carbocycles. The summed E-state index contributed by atoms with van der Waals surface area (Å²) < 4.78 is 2.00. The number of nitrogens with zero attached hydrogens (tertiary/aromatic N) is 4. The topological polar surface area (TPSA) is 70.5 Å². The van der Waals surface area contributed by atoms with Gasteiger partial charge in [0, 0.05) is 26.2 Å². The molecule has 0 spiro atoms. The second-order valence-corrected chi connectivity index (χ2v) is 8.43. The zero-order valence-electron chi connectivity index (χ0n) is 18.0. The van der Waals surface area contributed by atoms with Crippen LogP contribution in [0, 0.1) is 0 Å². The van der Waals surface area contributed by atoms with Gasteiger partial charge in [0.2, 0.25) is 0 Å². The Morgan fingerprint density at radius 3 is 2.81 bits per heavy atom. The second kappa shape index (κ2) is 7.72. The van der Waals surface area contributed by atoms with Gasteiger partial charge in [-0.05, 0) is 49.6 Å². The molecule has 7 nitrogen and oxygen atoms in total. The van der Waals surface area contributed by atoms with Crippen LogP contribution in [0.4, 0.5) is 5.69 Å². The van der Waals surface area contributed by atoms with Crippen molar-refractivity contribution in [3.63, 3.8) is 0 Å². The van der Waals surface area contributed by atoms with Crippen LogP contribution in [0.1, 0.15) is 52.2 Å². The van der Waals surface area contributed by atoms with Gasteiger partial charge in [-0.25, -0.2) is 4.98 Å². The quantitative estimate of drug-likeness (QED) is 0.710. The van der Waals surface area contributed by atoms with Crippen LogP contribution in [0.15, 0.2) is 42.5 Å². The monoisotopic (exact) mass is 417 g/mol. The predicted molar refractivity (Wildman–Crippen MR) is 120 cm³/mol. The molecular weight excluding hydrogens is 390 g/mol. The lowest BCUT2D eigenvalue weighted by Gasteiger charge is -2.43. The largest absolute Gasteiger partial charge is 0.354 e. The Hall–Kier alpha value is -3.35. The Balaban J connectivity index is 1.37. The number of carbonyl (C=O) groups excluding carboxylic acids is 2. The highest BCUT2D eigenvalue weighted by Gasteiger charge is 2.36. The summed E-state index contributed by atoms with van der Waals surface area (Å²) in [6.45, 7) is 1.14. The first kappa shape index (κ1) is 19.6. The average molecular weight is 418 g/mol. The van der Waals surface area contributed by atoms with E-state index in [2.05, 4.69) is 15.2 Å². The number of amides is 2. The summed E-state index contributed by atoms with van der Waals surface area (Å²) in [5, 5.41) is 2.98.